The van der Waals surface area contributed by atoms with Crippen molar-refractivity contribution in [3.8, 4) is 39.4 Å². The van der Waals surface area contributed by atoms with E-state index in [0.717, 1.165) is 50.8 Å². The number of carbonyl (C=O) groups is 1. The molecule has 0 aliphatic rings. The van der Waals surface area contributed by atoms with Gasteiger partial charge in [0.15, 0.2) is 5.65 Å². The van der Waals surface area contributed by atoms with Gasteiger partial charge in [-0.2, -0.15) is 5.10 Å². The molecule has 0 atom stereocenters. The molecule has 0 aliphatic carbocycles. The van der Waals surface area contributed by atoms with E-state index < -0.39 is 0 Å². The number of rotatable bonds is 9. The van der Waals surface area contributed by atoms with Gasteiger partial charge in [-0.1, -0.05) is 26.0 Å². The average molecular weight is 578 g/mol. The van der Waals surface area contributed by atoms with E-state index in [4.69, 9.17) is 4.74 Å². The Hall–Kier alpha value is -5.09. The van der Waals surface area contributed by atoms with E-state index in [1.807, 2.05) is 75.3 Å². The maximum Gasteiger partial charge on any atom is 0.226 e. The second-order valence-corrected chi connectivity index (χ2v) is 11.1. The highest BCUT2D eigenvalue weighted by Gasteiger charge is 2.16. The minimum Gasteiger partial charge on any atom is -0.492 e. The summed E-state index contributed by atoms with van der Waals surface area (Å²) >= 11 is 0. The molecule has 0 bridgehead atoms. The number of ether oxygens (including phenoxy) is 1. The van der Waals surface area contributed by atoms with Crippen LogP contribution in [0.25, 0.3) is 55.6 Å². The third kappa shape index (κ3) is 5.96. The fourth-order valence-electron chi connectivity index (χ4n) is 4.90. The van der Waals surface area contributed by atoms with Gasteiger partial charge in [-0.3, -0.25) is 14.9 Å². The SMILES string of the molecule is CC(C)C(=O)Nc1cncc(-c2cnc3[nH]nc(-c4cc5c(-c6cc(F)cc(OCCN(C)C)c6)cccc5[nH]4)c3c2)c1. The Bertz CT molecular complexity index is 1940. The molecule has 9 nitrogen and oxygen atoms in total. The van der Waals surface area contributed by atoms with Crippen LogP contribution in [0.3, 0.4) is 0 Å². The first-order valence-electron chi connectivity index (χ1n) is 14.1. The zero-order valence-corrected chi connectivity index (χ0v) is 24.4. The number of nitrogens with one attached hydrogen (secondary N) is 3. The van der Waals surface area contributed by atoms with Gasteiger partial charge in [0.25, 0.3) is 0 Å². The van der Waals surface area contributed by atoms with Crippen molar-refractivity contribution in [3.63, 3.8) is 0 Å². The molecular weight excluding hydrogens is 545 g/mol. The van der Waals surface area contributed by atoms with Crippen LogP contribution in [0.1, 0.15) is 13.8 Å². The summed E-state index contributed by atoms with van der Waals surface area (Å²) < 4.78 is 20.5. The number of amides is 1. The Labute approximate surface area is 248 Å². The summed E-state index contributed by atoms with van der Waals surface area (Å²) in [5.41, 5.74) is 6.90. The summed E-state index contributed by atoms with van der Waals surface area (Å²) in [6, 6.07) is 16.6. The second-order valence-electron chi connectivity index (χ2n) is 11.1. The molecule has 218 valence electrons. The largest absolute Gasteiger partial charge is 0.492 e. The van der Waals surface area contributed by atoms with Crippen LogP contribution in [-0.2, 0) is 4.79 Å². The number of pyridine rings is 2. The van der Waals surface area contributed by atoms with Gasteiger partial charge in [0, 0.05) is 58.3 Å². The number of halogens is 1. The third-order valence-electron chi connectivity index (χ3n) is 7.19. The van der Waals surface area contributed by atoms with Crippen molar-refractivity contribution in [1.29, 1.82) is 0 Å². The molecule has 10 heteroatoms. The number of anilines is 1. The van der Waals surface area contributed by atoms with Crippen LogP contribution in [0.4, 0.5) is 10.1 Å². The molecule has 2 aromatic carbocycles. The van der Waals surface area contributed by atoms with Gasteiger partial charge in [0.2, 0.25) is 5.91 Å². The fraction of sp³-hybridized carbons (Fsp3) is 0.212. The number of hydrogen-bond donors (Lipinski definition) is 3. The van der Waals surface area contributed by atoms with Gasteiger partial charge in [-0.05, 0) is 61.6 Å². The first kappa shape index (κ1) is 28.0. The van der Waals surface area contributed by atoms with Gasteiger partial charge in [0.1, 0.15) is 23.9 Å². The minimum absolute atomic E-state index is 0.0749. The lowest BCUT2D eigenvalue weighted by molar-refractivity contribution is -0.118. The number of aromatic nitrogens is 5. The van der Waals surface area contributed by atoms with Crippen molar-refractivity contribution >= 4 is 33.5 Å². The van der Waals surface area contributed by atoms with Gasteiger partial charge < -0.3 is 19.9 Å². The number of aromatic amines is 2. The molecular formula is C33H32FN7O2. The van der Waals surface area contributed by atoms with E-state index in [1.165, 1.54) is 12.1 Å². The molecule has 43 heavy (non-hydrogen) atoms. The van der Waals surface area contributed by atoms with Crippen molar-refractivity contribution in [2.24, 2.45) is 5.92 Å². The summed E-state index contributed by atoms with van der Waals surface area (Å²) in [7, 11) is 3.93. The Balaban J connectivity index is 1.36. The highest BCUT2D eigenvalue weighted by Crippen LogP contribution is 2.36. The second kappa shape index (κ2) is 11.7. The highest BCUT2D eigenvalue weighted by atomic mass is 19.1. The number of carbonyl (C=O) groups excluding carboxylic acids is 1. The lowest BCUT2D eigenvalue weighted by Crippen LogP contribution is -2.19. The number of benzene rings is 2. The zero-order valence-electron chi connectivity index (χ0n) is 24.4. The molecule has 0 saturated carbocycles. The van der Waals surface area contributed by atoms with Crippen LogP contribution in [0, 0.1) is 11.7 Å². The number of nitrogens with zero attached hydrogens (tertiary/aromatic N) is 4. The number of H-pyrrole nitrogens is 2. The molecule has 0 unspecified atom stereocenters. The molecule has 0 aliphatic heterocycles. The molecule has 0 radical (unpaired) electrons. The molecule has 1 amide bonds. The predicted octanol–water partition coefficient (Wildman–Crippen LogP) is 6.51. The first-order valence-corrected chi connectivity index (χ1v) is 14.1. The summed E-state index contributed by atoms with van der Waals surface area (Å²) in [5.74, 6) is -0.0845. The number of hydrogen-bond acceptors (Lipinski definition) is 6. The lowest BCUT2D eigenvalue weighted by Gasteiger charge is -2.12. The summed E-state index contributed by atoms with van der Waals surface area (Å²) in [6.45, 7) is 4.88. The number of fused-ring (bicyclic) bond motifs is 2. The lowest BCUT2D eigenvalue weighted by atomic mass is 10.0. The molecule has 4 heterocycles. The summed E-state index contributed by atoms with van der Waals surface area (Å²) in [6.07, 6.45) is 5.11. The normalized spacial score (nSPS) is 11.6. The molecule has 0 saturated heterocycles. The fourth-order valence-corrected chi connectivity index (χ4v) is 4.90. The minimum atomic E-state index is -0.357. The Morgan fingerprint density at radius 3 is 2.65 bits per heavy atom. The smallest absolute Gasteiger partial charge is 0.226 e. The van der Waals surface area contributed by atoms with E-state index in [-0.39, 0.29) is 17.6 Å². The van der Waals surface area contributed by atoms with Crippen molar-refractivity contribution < 1.29 is 13.9 Å². The van der Waals surface area contributed by atoms with Gasteiger partial charge in [-0.15, -0.1) is 0 Å². The first-order chi connectivity index (χ1) is 20.7. The molecule has 4 aromatic heterocycles. The van der Waals surface area contributed by atoms with Crippen LogP contribution >= 0.6 is 0 Å². The zero-order chi connectivity index (χ0) is 30.1. The quantitative estimate of drug-likeness (QED) is 0.181. The maximum atomic E-state index is 14.7. The molecule has 3 N–H and O–H groups in total. The van der Waals surface area contributed by atoms with Crippen molar-refractivity contribution in [1.82, 2.24) is 30.0 Å². The van der Waals surface area contributed by atoms with E-state index in [1.54, 1.807) is 18.6 Å². The van der Waals surface area contributed by atoms with Crippen molar-refractivity contribution in [2.45, 2.75) is 13.8 Å². The van der Waals surface area contributed by atoms with E-state index >= 15 is 0 Å². The van der Waals surface area contributed by atoms with Gasteiger partial charge in [-0.25, -0.2) is 9.37 Å². The summed E-state index contributed by atoms with van der Waals surface area (Å²) in [5, 5.41) is 12.3. The monoisotopic (exact) mass is 577 g/mol. The van der Waals surface area contributed by atoms with Crippen LogP contribution in [0.15, 0.2) is 73.2 Å². The Kier molecular flexibility index (Phi) is 7.60. The van der Waals surface area contributed by atoms with Gasteiger partial charge >= 0.3 is 0 Å². The highest BCUT2D eigenvalue weighted by molar-refractivity contribution is 6.01. The predicted molar refractivity (Wildman–Crippen MR) is 167 cm³/mol. The van der Waals surface area contributed by atoms with Crippen molar-refractivity contribution in [3.05, 3.63) is 79.0 Å². The molecule has 0 spiro atoms. The van der Waals surface area contributed by atoms with E-state index in [0.29, 0.717) is 29.4 Å². The average Bonchev–Trinajstić information content (AvgIpc) is 3.60. The molecule has 6 rings (SSSR count). The Morgan fingerprint density at radius 1 is 1.00 bits per heavy atom. The molecule has 0 fully saturated rings. The van der Waals surface area contributed by atoms with Gasteiger partial charge in [0.05, 0.1) is 17.6 Å². The van der Waals surface area contributed by atoms with Crippen LogP contribution in [-0.4, -0.2) is 63.2 Å². The Morgan fingerprint density at radius 2 is 1.84 bits per heavy atom. The standard InChI is InChI=1S/C33H32FN7O2/c1-19(2)33(42)37-24-11-21(16-35-18-24)22-13-28-31(39-40-32(28)36-17-22)30-15-27-26(6-5-7-29(27)38-30)20-10-23(34)14-25(12-20)43-9-8-41(3)4/h5-7,10-19,38H,8-9H2,1-4H3,(H,37,42)(H,36,39,40). The number of likely N-dealkylation sites (N-methyl/N-ethyl adjacent to an activating group) is 1. The van der Waals surface area contributed by atoms with E-state index in [2.05, 4.69) is 30.5 Å². The van der Waals surface area contributed by atoms with Crippen LogP contribution in [0.5, 0.6) is 5.75 Å². The maximum absolute atomic E-state index is 14.7. The molecule has 6 aromatic rings. The third-order valence-corrected chi connectivity index (χ3v) is 7.19. The summed E-state index contributed by atoms with van der Waals surface area (Å²) in [4.78, 5) is 26.6. The topological polar surface area (TPSA) is 112 Å². The van der Waals surface area contributed by atoms with E-state index in [9.17, 15) is 9.18 Å². The van der Waals surface area contributed by atoms with Crippen LogP contribution in [0.2, 0.25) is 0 Å². The van der Waals surface area contributed by atoms with Crippen molar-refractivity contribution in [2.75, 3.05) is 32.6 Å². The van der Waals surface area contributed by atoms with Crippen LogP contribution < -0.4 is 10.1 Å².